The highest BCUT2D eigenvalue weighted by atomic mass is 35.5. The molecule has 2 aliphatic rings. The zero-order valence-corrected chi connectivity index (χ0v) is 30.0. The van der Waals surface area contributed by atoms with Crippen molar-refractivity contribution in [2.75, 3.05) is 18.4 Å². The zero-order valence-electron chi connectivity index (χ0n) is 29.2. The highest BCUT2D eigenvalue weighted by Crippen LogP contribution is 2.50. The van der Waals surface area contributed by atoms with Crippen molar-refractivity contribution in [3.8, 4) is 17.1 Å². The van der Waals surface area contributed by atoms with Crippen LogP contribution >= 0.6 is 11.6 Å². The lowest BCUT2D eigenvalue weighted by molar-refractivity contribution is -0.137. The van der Waals surface area contributed by atoms with Crippen molar-refractivity contribution >= 4 is 34.9 Å². The molecule has 1 aliphatic heterocycles. The van der Waals surface area contributed by atoms with Gasteiger partial charge in [-0.2, -0.15) is 22.7 Å². The fourth-order valence-electron chi connectivity index (χ4n) is 7.54. The quantitative estimate of drug-likeness (QED) is 0.216. The van der Waals surface area contributed by atoms with Gasteiger partial charge in [-0.25, -0.2) is 9.97 Å². The third-order valence-corrected chi connectivity index (χ3v) is 10.5. The van der Waals surface area contributed by atoms with Gasteiger partial charge in [0.1, 0.15) is 12.9 Å². The van der Waals surface area contributed by atoms with Crippen molar-refractivity contribution in [3.63, 3.8) is 0 Å². The van der Waals surface area contributed by atoms with Crippen LogP contribution in [-0.4, -0.2) is 69.0 Å². The Balaban J connectivity index is 1.29. The minimum Gasteiger partial charge on any atom is -0.504 e. The number of benzene rings is 1. The molecule has 1 spiro atoms. The SMILES string of the molecule is Cc1ncnc(C(=O)N2CCC3(CC2)CC(C)c2c3c(=O)n3nc(-c4ccnc(C(C)C)c4)nc3n2CC(=O)Nc2ccc(C(F)(F)F)cc2Cl)c1O. The summed E-state index contributed by atoms with van der Waals surface area (Å²) < 4.78 is 42.7. The molecule has 1 fully saturated rings. The number of piperidine rings is 1. The van der Waals surface area contributed by atoms with Crippen molar-refractivity contribution in [2.45, 2.75) is 76.9 Å². The predicted octanol–water partition coefficient (Wildman–Crippen LogP) is 5.87. The average Bonchev–Trinajstić information content (AvgIpc) is 3.68. The topological polar surface area (TPSA) is 160 Å². The molecule has 5 aromatic rings. The number of carbonyl (C=O) groups excluding carboxylic acids is 2. The van der Waals surface area contributed by atoms with Crippen LogP contribution in [0.3, 0.4) is 0 Å². The van der Waals surface area contributed by atoms with Crippen LogP contribution in [0, 0.1) is 6.92 Å². The molecule has 1 atom stereocenters. The first-order chi connectivity index (χ1) is 25.1. The van der Waals surface area contributed by atoms with Crippen LogP contribution in [-0.2, 0) is 22.9 Å². The fraction of sp³-hybridized carbons (Fsp3) is 0.389. The van der Waals surface area contributed by atoms with E-state index in [1.165, 1.54) is 10.8 Å². The van der Waals surface area contributed by atoms with Crippen LogP contribution in [0.15, 0.2) is 47.7 Å². The van der Waals surface area contributed by atoms with Gasteiger partial charge in [-0.15, -0.1) is 5.10 Å². The summed E-state index contributed by atoms with van der Waals surface area (Å²) in [4.78, 5) is 60.4. The van der Waals surface area contributed by atoms with Crippen LogP contribution in [0.4, 0.5) is 18.9 Å². The fourth-order valence-corrected chi connectivity index (χ4v) is 7.77. The van der Waals surface area contributed by atoms with Gasteiger partial charge in [-0.3, -0.25) is 19.4 Å². The number of halogens is 4. The van der Waals surface area contributed by atoms with Crippen molar-refractivity contribution in [1.29, 1.82) is 0 Å². The van der Waals surface area contributed by atoms with E-state index in [9.17, 15) is 32.7 Å². The smallest absolute Gasteiger partial charge is 0.416 e. The molecule has 53 heavy (non-hydrogen) atoms. The van der Waals surface area contributed by atoms with Gasteiger partial charge in [0.05, 0.1) is 22.0 Å². The van der Waals surface area contributed by atoms with Gasteiger partial charge in [0.25, 0.3) is 11.5 Å². The molecule has 276 valence electrons. The summed E-state index contributed by atoms with van der Waals surface area (Å²) in [5.41, 5.74) is 0.646. The van der Waals surface area contributed by atoms with Crippen molar-refractivity contribution in [1.82, 2.24) is 39.0 Å². The van der Waals surface area contributed by atoms with E-state index in [4.69, 9.17) is 16.6 Å². The summed E-state index contributed by atoms with van der Waals surface area (Å²) in [5.74, 6) is -1.09. The number of aromatic nitrogens is 7. The summed E-state index contributed by atoms with van der Waals surface area (Å²) in [6.45, 7) is 7.72. The average molecular weight is 750 g/mol. The number of alkyl halides is 3. The maximum atomic E-state index is 14.6. The predicted molar refractivity (Wildman–Crippen MR) is 188 cm³/mol. The Hall–Kier alpha value is -5.38. The first kappa shape index (κ1) is 36.0. The van der Waals surface area contributed by atoms with Gasteiger partial charge in [0.2, 0.25) is 11.7 Å². The molecule has 1 aliphatic carbocycles. The Bertz CT molecular complexity index is 2350. The van der Waals surface area contributed by atoms with E-state index in [2.05, 4.69) is 25.4 Å². The number of nitrogens with one attached hydrogen (secondary N) is 1. The molecule has 0 saturated carbocycles. The van der Waals surface area contributed by atoms with Gasteiger partial charge >= 0.3 is 6.18 Å². The van der Waals surface area contributed by atoms with Crippen LogP contribution in [0.1, 0.15) is 90.6 Å². The molecule has 1 unspecified atom stereocenters. The normalized spacial score (nSPS) is 16.8. The lowest BCUT2D eigenvalue weighted by Crippen LogP contribution is -2.46. The number of aromatic hydroxyl groups is 1. The van der Waals surface area contributed by atoms with E-state index < -0.39 is 29.0 Å². The summed E-state index contributed by atoms with van der Waals surface area (Å²) in [5, 5.41) is 17.4. The standard InChI is InChI=1S/C36H35ClF3N9O4/c1-18(2)25-13-21(7-10-41-25)31-45-34-48(16-26(50)44-24-6-5-22(14-23(24)37)36(38,39)40)29-19(3)15-35(27(29)32(52)49(34)46-31)8-11-47(12-9-35)33(53)28-30(51)20(4)42-17-43-28/h5-7,10,13-14,17-19,51H,8-9,11-12,15-16H2,1-4H3,(H,44,50). The Labute approximate surface area is 305 Å². The van der Waals surface area contributed by atoms with E-state index in [0.29, 0.717) is 36.1 Å². The summed E-state index contributed by atoms with van der Waals surface area (Å²) in [6.07, 6.45) is -0.377. The number of hydrogen-bond donors (Lipinski definition) is 2. The van der Waals surface area contributed by atoms with Crippen molar-refractivity contribution in [3.05, 3.63) is 92.1 Å². The maximum absolute atomic E-state index is 14.6. The molecule has 4 aromatic heterocycles. The molecule has 0 bridgehead atoms. The van der Waals surface area contributed by atoms with Gasteiger partial charge in [-0.1, -0.05) is 32.4 Å². The number of anilines is 1. The number of rotatable bonds is 6. The second-order valence-electron chi connectivity index (χ2n) is 14.0. The number of nitrogens with zero attached hydrogens (tertiary/aromatic N) is 8. The molecule has 2 N–H and O–H groups in total. The largest absolute Gasteiger partial charge is 0.504 e. The summed E-state index contributed by atoms with van der Waals surface area (Å²) >= 11 is 6.16. The molecule has 2 amide bonds. The minimum atomic E-state index is -4.61. The monoisotopic (exact) mass is 749 g/mol. The second kappa shape index (κ2) is 13.2. The number of aryl methyl sites for hydroxylation is 1. The molecule has 17 heteroatoms. The van der Waals surface area contributed by atoms with E-state index >= 15 is 0 Å². The maximum Gasteiger partial charge on any atom is 0.416 e. The van der Waals surface area contributed by atoms with Gasteiger partial charge in [0, 0.05) is 47.2 Å². The third kappa shape index (κ3) is 6.38. The number of amides is 2. The lowest BCUT2D eigenvalue weighted by atomic mass is 9.73. The molecule has 13 nitrogen and oxygen atoms in total. The molecule has 7 rings (SSSR count). The van der Waals surface area contributed by atoms with Crippen LogP contribution < -0.4 is 10.9 Å². The number of hydrogen-bond acceptors (Lipinski definition) is 9. The third-order valence-electron chi connectivity index (χ3n) is 10.2. The number of likely N-dealkylation sites (tertiary alicyclic amines) is 1. The van der Waals surface area contributed by atoms with Crippen molar-refractivity contribution < 1.29 is 27.9 Å². The summed E-state index contributed by atoms with van der Waals surface area (Å²) in [7, 11) is 0. The van der Waals surface area contributed by atoms with Gasteiger partial charge in [0.15, 0.2) is 17.3 Å². The molecule has 1 aromatic carbocycles. The van der Waals surface area contributed by atoms with Crippen LogP contribution in [0.2, 0.25) is 5.02 Å². The second-order valence-corrected chi connectivity index (χ2v) is 14.4. The van der Waals surface area contributed by atoms with Crippen LogP contribution in [0.5, 0.6) is 5.75 Å². The number of fused-ring (bicyclic) bond motifs is 3. The molecular weight excluding hydrogens is 715 g/mol. The first-order valence-corrected chi connectivity index (χ1v) is 17.4. The number of carbonyl (C=O) groups is 2. The zero-order chi connectivity index (χ0) is 38.0. The number of pyridine rings is 1. The highest BCUT2D eigenvalue weighted by Gasteiger charge is 2.49. The Morgan fingerprint density at radius 1 is 1.11 bits per heavy atom. The van der Waals surface area contributed by atoms with E-state index in [0.717, 1.165) is 23.9 Å². The highest BCUT2D eigenvalue weighted by molar-refractivity contribution is 6.33. The molecule has 5 heterocycles. The van der Waals surface area contributed by atoms with Crippen molar-refractivity contribution in [2.24, 2.45) is 0 Å². The van der Waals surface area contributed by atoms with Gasteiger partial charge < -0.3 is 19.9 Å². The van der Waals surface area contributed by atoms with E-state index in [-0.39, 0.29) is 76.5 Å². The van der Waals surface area contributed by atoms with Gasteiger partial charge in [-0.05, 0) is 68.4 Å². The van der Waals surface area contributed by atoms with E-state index in [1.54, 1.807) is 28.7 Å². The van der Waals surface area contributed by atoms with E-state index in [1.807, 2.05) is 26.8 Å². The molecule has 1 saturated heterocycles. The Morgan fingerprint density at radius 2 is 1.85 bits per heavy atom. The minimum absolute atomic E-state index is 0.00925. The first-order valence-electron chi connectivity index (χ1n) is 17.0. The molecule has 0 radical (unpaired) electrons. The summed E-state index contributed by atoms with van der Waals surface area (Å²) in [6, 6.07) is 6.24. The van der Waals surface area contributed by atoms with Crippen LogP contribution in [0.25, 0.3) is 17.2 Å². The Kier molecular flexibility index (Phi) is 8.99. The lowest BCUT2D eigenvalue weighted by Gasteiger charge is -2.39. The molecular formula is C36H35ClF3N9O4. The Morgan fingerprint density at radius 3 is 2.53 bits per heavy atom.